The van der Waals surface area contributed by atoms with Crippen LogP contribution in [0, 0.1) is 0 Å². The van der Waals surface area contributed by atoms with Crippen LogP contribution in [0.3, 0.4) is 0 Å². The fourth-order valence-electron chi connectivity index (χ4n) is 3.07. The van der Waals surface area contributed by atoms with Crippen LogP contribution in [-0.4, -0.2) is 38.3 Å². The maximum absolute atomic E-state index is 13.0. The number of aromatic nitrogens is 3. The predicted octanol–water partition coefficient (Wildman–Crippen LogP) is 4.14. The molecule has 0 bridgehead atoms. The lowest BCUT2D eigenvalue weighted by Gasteiger charge is -2.23. The van der Waals surface area contributed by atoms with E-state index < -0.39 is 17.6 Å². The third kappa shape index (κ3) is 4.67. The number of carbonyl (C=O) groups is 2. The van der Waals surface area contributed by atoms with Gasteiger partial charge in [0.25, 0.3) is 5.91 Å². The minimum atomic E-state index is -0.930. The Hall–Kier alpha value is -3.22. The predicted molar refractivity (Wildman–Crippen MR) is 116 cm³/mol. The van der Waals surface area contributed by atoms with Crippen molar-refractivity contribution in [2.45, 2.75) is 59.2 Å². The Balaban J connectivity index is 2.01. The smallest absolute Gasteiger partial charge is 0.339 e. The van der Waals surface area contributed by atoms with Gasteiger partial charge in [-0.05, 0) is 47.6 Å². The number of amides is 1. The molecule has 7 heteroatoms. The highest BCUT2D eigenvalue weighted by Gasteiger charge is 2.25. The minimum absolute atomic E-state index is 0.0707. The number of rotatable bonds is 5. The van der Waals surface area contributed by atoms with Crippen molar-refractivity contribution in [2.75, 3.05) is 0 Å². The SMILES string of the molecule is CC(C)n1ncc2c(C(=O)O[C@@H](C)C(=O)NC(C)(C)C)cc(-c3ccccc3)nc21. The van der Waals surface area contributed by atoms with E-state index in [0.717, 1.165) is 5.56 Å². The Kier molecular flexibility index (Phi) is 5.92. The number of hydrogen-bond donors (Lipinski definition) is 1. The summed E-state index contributed by atoms with van der Waals surface area (Å²) < 4.78 is 7.27. The highest BCUT2D eigenvalue weighted by atomic mass is 16.5. The number of nitrogens with one attached hydrogen (secondary N) is 1. The van der Waals surface area contributed by atoms with Gasteiger partial charge in [-0.1, -0.05) is 30.3 Å². The Bertz CT molecular complexity index is 1070. The van der Waals surface area contributed by atoms with Crippen molar-refractivity contribution in [2.24, 2.45) is 0 Å². The number of esters is 1. The Labute approximate surface area is 176 Å². The second kappa shape index (κ2) is 8.26. The Morgan fingerprint density at radius 2 is 1.77 bits per heavy atom. The van der Waals surface area contributed by atoms with Crippen molar-refractivity contribution in [3.8, 4) is 11.3 Å². The van der Waals surface area contributed by atoms with Crippen molar-refractivity contribution >= 4 is 22.9 Å². The molecule has 0 unspecified atom stereocenters. The van der Waals surface area contributed by atoms with E-state index in [-0.39, 0.29) is 11.9 Å². The molecule has 0 aliphatic heterocycles. The first kappa shape index (κ1) is 21.5. The molecule has 0 radical (unpaired) electrons. The van der Waals surface area contributed by atoms with Crippen molar-refractivity contribution < 1.29 is 14.3 Å². The summed E-state index contributed by atoms with van der Waals surface area (Å²) in [5.74, 6) is -0.929. The first-order valence-corrected chi connectivity index (χ1v) is 10.0. The summed E-state index contributed by atoms with van der Waals surface area (Å²) in [7, 11) is 0. The fraction of sp³-hybridized carbons (Fsp3) is 0.391. The Morgan fingerprint density at radius 3 is 2.37 bits per heavy atom. The van der Waals surface area contributed by atoms with Crippen LogP contribution in [0.5, 0.6) is 0 Å². The standard InChI is InChI=1S/C23H28N4O3/c1-14(2)27-20-18(13-24-27)17(12-19(25-20)16-10-8-7-9-11-16)22(29)30-15(3)21(28)26-23(4,5)6/h7-15H,1-6H3,(H,26,28)/t15-/m0/s1. The monoisotopic (exact) mass is 408 g/mol. The molecule has 3 aromatic rings. The summed E-state index contributed by atoms with van der Waals surface area (Å²) >= 11 is 0. The van der Waals surface area contributed by atoms with Gasteiger partial charge in [0.05, 0.1) is 22.8 Å². The van der Waals surface area contributed by atoms with Gasteiger partial charge in [-0.25, -0.2) is 14.5 Å². The zero-order chi connectivity index (χ0) is 22.1. The van der Waals surface area contributed by atoms with E-state index in [9.17, 15) is 9.59 Å². The van der Waals surface area contributed by atoms with Gasteiger partial charge in [0.15, 0.2) is 11.8 Å². The van der Waals surface area contributed by atoms with Crippen molar-refractivity contribution in [1.82, 2.24) is 20.1 Å². The van der Waals surface area contributed by atoms with E-state index in [2.05, 4.69) is 10.4 Å². The summed E-state index contributed by atoms with van der Waals surface area (Å²) in [5, 5.41) is 7.82. The van der Waals surface area contributed by atoms with E-state index in [1.165, 1.54) is 0 Å². The molecule has 1 N–H and O–H groups in total. The molecular weight excluding hydrogens is 380 g/mol. The van der Waals surface area contributed by atoms with Crippen LogP contribution in [0.25, 0.3) is 22.3 Å². The molecule has 0 aliphatic rings. The average molecular weight is 409 g/mol. The quantitative estimate of drug-likeness (QED) is 0.641. The van der Waals surface area contributed by atoms with E-state index in [0.29, 0.717) is 22.3 Å². The van der Waals surface area contributed by atoms with Gasteiger partial charge < -0.3 is 10.1 Å². The molecule has 2 aromatic heterocycles. The number of fused-ring (bicyclic) bond motifs is 1. The minimum Gasteiger partial charge on any atom is -0.449 e. The van der Waals surface area contributed by atoms with Gasteiger partial charge in [-0.3, -0.25) is 4.79 Å². The molecule has 1 amide bonds. The molecule has 158 valence electrons. The van der Waals surface area contributed by atoms with Gasteiger partial charge >= 0.3 is 5.97 Å². The van der Waals surface area contributed by atoms with Gasteiger partial charge in [0, 0.05) is 17.1 Å². The van der Waals surface area contributed by atoms with E-state index in [1.54, 1.807) is 23.9 Å². The number of nitrogens with zero attached hydrogens (tertiary/aromatic N) is 3. The van der Waals surface area contributed by atoms with Crippen LogP contribution >= 0.6 is 0 Å². The number of carbonyl (C=O) groups excluding carboxylic acids is 2. The Morgan fingerprint density at radius 1 is 1.10 bits per heavy atom. The highest BCUT2D eigenvalue weighted by molar-refractivity contribution is 6.04. The molecule has 0 saturated carbocycles. The molecule has 2 heterocycles. The van der Waals surface area contributed by atoms with Crippen LogP contribution in [-0.2, 0) is 9.53 Å². The molecule has 1 atom stereocenters. The van der Waals surface area contributed by atoms with E-state index in [1.807, 2.05) is 65.0 Å². The molecule has 30 heavy (non-hydrogen) atoms. The van der Waals surface area contributed by atoms with Gasteiger partial charge in [0.2, 0.25) is 0 Å². The maximum Gasteiger partial charge on any atom is 0.339 e. The number of ether oxygens (including phenoxy) is 1. The summed E-state index contributed by atoms with van der Waals surface area (Å²) in [4.78, 5) is 30.1. The summed E-state index contributed by atoms with van der Waals surface area (Å²) in [6.07, 6.45) is 0.688. The second-order valence-electron chi connectivity index (χ2n) is 8.63. The van der Waals surface area contributed by atoms with E-state index in [4.69, 9.17) is 9.72 Å². The summed E-state index contributed by atoms with van der Waals surface area (Å²) in [6, 6.07) is 11.4. The van der Waals surface area contributed by atoms with Gasteiger partial charge in [-0.15, -0.1) is 0 Å². The molecule has 0 fully saturated rings. The molecule has 7 nitrogen and oxygen atoms in total. The zero-order valence-electron chi connectivity index (χ0n) is 18.3. The molecule has 0 spiro atoms. The topological polar surface area (TPSA) is 86.1 Å². The number of hydrogen-bond acceptors (Lipinski definition) is 5. The van der Waals surface area contributed by atoms with Crippen LogP contribution in [0.4, 0.5) is 0 Å². The zero-order valence-corrected chi connectivity index (χ0v) is 18.3. The lowest BCUT2D eigenvalue weighted by atomic mass is 10.1. The molecule has 3 rings (SSSR count). The normalized spacial score (nSPS) is 12.8. The highest BCUT2D eigenvalue weighted by Crippen LogP contribution is 2.27. The van der Waals surface area contributed by atoms with Crippen molar-refractivity contribution in [3.63, 3.8) is 0 Å². The summed E-state index contributed by atoms with van der Waals surface area (Å²) in [5.41, 5.74) is 2.04. The van der Waals surface area contributed by atoms with Crippen LogP contribution < -0.4 is 5.32 Å². The average Bonchev–Trinajstić information content (AvgIpc) is 3.10. The molecule has 0 aliphatic carbocycles. The maximum atomic E-state index is 13.0. The molecular formula is C23H28N4O3. The number of benzene rings is 1. The van der Waals surface area contributed by atoms with Gasteiger partial charge in [-0.2, -0.15) is 5.10 Å². The molecule has 0 saturated heterocycles. The first-order chi connectivity index (χ1) is 14.1. The van der Waals surface area contributed by atoms with Crippen molar-refractivity contribution in [3.05, 3.63) is 48.2 Å². The van der Waals surface area contributed by atoms with Crippen LogP contribution in [0.1, 0.15) is 57.9 Å². The lowest BCUT2D eigenvalue weighted by Crippen LogP contribution is -2.46. The largest absolute Gasteiger partial charge is 0.449 e. The third-order valence-corrected chi connectivity index (χ3v) is 4.50. The fourth-order valence-corrected chi connectivity index (χ4v) is 3.07. The van der Waals surface area contributed by atoms with Crippen LogP contribution in [0.15, 0.2) is 42.6 Å². The summed E-state index contributed by atoms with van der Waals surface area (Å²) in [6.45, 7) is 11.2. The lowest BCUT2D eigenvalue weighted by molar-refractivity contribution is -0.130. The van der Waals surface area contributed by atoms with Gasteiger partial charge in [0.1, 0.15) is 0 Å². The second-order valence-corrected chi connectivity index (χ2v) is 8.63. The number of pyridine rings is 1. The van der Waals surface area contributed by atoms with Crippen LogP contribution in [0.2, 0.25) is 0 Å². The van der Waals surface area contributed by atoms with E-state index >= 15 is 0 Å². The third-order valence-electron chi connectivity index (χ3n) is 4.50. The van der Waals surface area contributed by atoms with Crippen molar-refractivity contribution in [1.29, 1.82) is 0 Å². The molecule has 1 aromatic carbocycles. The first-order valence-electron chi connectivity index (χ1n) is 10.0.